The van der Waals surface area contributed by atoms with Gasteiger partial charge in [0.05, 0.1) is 28.8 Å². The first-order valence-electron chi connectivity index (χ1n) is 8.60. The lowest BCUT2D eigenvalue weighted by Gasteiger charge is -2.21. The van der Waals surface area contributed by atoms with Crippen LogP contribution in [-0.2, 0) is 4.74 Å². The van der Waals surface area contributed by atoms with Crippen molar-refractivity contribution in [2.24, 2.45) is 4.99 Å². The van der Waals surface area contributed by atoms with Crippen molar-refractivity contribution < 1.29 is 9.47 Å². The molecule has 0 bridgehead atoms. The van der Waals surface area contributed by atoms with E-state index in [2.05, 4.69) is 58.5 Å². The Morgan fingerprint density at radius 3 is 2.62 bits per heavy atom. The van der Waals surface area contributed by atoms with Crippen LogP contribution in [-0.4, -0.2) is 48.1 Å². The number of nitrogens with zero attached hydrogens (tertiary/aromatic N) is 3. The highest BCUT2D eigenvalue weighted by Gasteiger charge is 2.12. The van der Waals surface area contributed by atoms with Gasteiger partial charge in [-0.3, -0.25) is 0 Å². The molecule has 6 heteroatoms. The van der Waals surface area contributed by atoms with E-state index in [1.807, 2.05) is 26.3 Å². The Morgan fingerprint density at radius 2 is 2.04 bits per heavy atom. The SMILES string of the molecule is CCCOCC(C)Oc1nc(C)c(N=CN(CC)C(C)C)cc1Br. The average molecular weight is 400 g/mol. The molecule has 5 nitrogen and oxygen atoms in total. The second-order valence-electron chi connectivity index (χ2n) is 6.05. The van der Waals surface area contributed by atoms with Crippen molar-refractivity contribution in [3.8, 4) is 5.88 Å². The Morgan fingerprint density at radius 1 is 1.33 bits per heavy atom. The first-order chi connectivity index (χ1) is 11.4. The van der Waals surface area contributed by atoms with Crippen LogP contribution in [0.4, 0.5) is 5.69 Å². The van der Waals surface area contributed by atoms with Gasteiger partial charge in [-0.2, -0.15) is 0 Å². The summed E-state index contributed by atoms with van der Waals surface area (Å²) in [7, 11) is 0. The van der Waals surface area contributed by atoms with E-state index in [-0.39, 0.29) is 6.10 Å². The lowest BCUT2D eigenvalue weighted by Crippen LogP contribution is -2.28. The Labute approximate surface area is 154 Å². The van der Waals surface area contributed by atoms with E-state index < -0.39 is 0 Å². The van der Waals surface area contributed by atoms with Crippen LogP contribution in [0.5, 0.6) is 5.88 Å². The second kappa shape index (κ2) is 10.7. The van der Waals surface area contributed by atoms with Gasteiger partial charge in [0.15, 0.2) is 0 Å². The van der Waals surface area contributed by atoms with Crippen molar-refractivity contribution in [3.05, 3.63) is 16.2 Å². The molecule has 0 radical (unpaired) electrons. The smallest absolute Gasteiger partial charge is 0.228 e. The van der Waals surface area contributed by atoms with Gasteiger partial charge in [-0.15, -0.1) is 0 Å². The van der Waals surface area contributed by atoms with Crippen LogP contribution in [0.2, 0.25) is 0 Å². The highest BCUT2D eigenvalue weighted by Crippen LogP contribution is 2.30. The molecule has 0 N–H and O–H groups in total. The third-order valence-electron chi connectivity index (χ3n) is 3.50. The molecule has 24 heavy (non-hydrogen) atoms. The Hall–Kier alpha value is -1.14. The number of aryl methyl sites for hydroxylation is 1. The maximum atomic E-state index is 5.87. The molecule has 1 rings (SSSR count). The molecule has 1 unspecified atom stereocenters. The standard InChI is InChI=1S/C18H30BrN3O2/c1-7-9-23-11-14(5)24-18-16(19)10-17(15(6)21-18)20-12-22(8-2)13(3)4/h10,12-14H,7-9,11H2,1-6H3. The molecule has 1 aromatic rings. The number of rotatable bonds is 10. The summed E-state index contributed by atoms with van der Waals surface area (Å²) < 4.78 is 12.2. The molecule has 0 saturated carbocycles. The molecule has 136 valence electrons. The van der Waals surface area contributed by atoms with E-state index >= 15 is 0 Å². The Kier molecular flexibility index (Phi) is 9.29. The van der Waals surface area contributed by atoms with Gasteiger partial charge >= 0.3 is 0 Å². The maximum Gasteiger partial charge on any atom is 0.228 e. The number of hydrogen-bond acceptors (Lipinski definition) is 4. The number of aromatic nitrogens is 1. The largest absolute Gasteiger partial charge is 0.471 e. The molecule has 0 aliphatic rings. The van der Waals surface area contributed by atoms with Gasteiger partial charge in [0.25, 0.3) is 0 Å². The van der Waals surface area contributed by atoms with Crippen LogP contribution < -0.4 is 4.74 Å². The molecule has 0 spiro atoms. The zero-order chi connectivity index (χ0) is 18.1. The van der Waals surface area contributed by atoms with Crippen LogP contribution >= 0.6 is 15.9 Å². The minimum absolute atomic E-state index is 0.0503. The Bertz CT molecular complexity index is 535. The van der Waals surface area contributed by atoms with Crippen molar-refractivity contribution in [2.75, 3.05) is 19.8 Å². The van der Waals surface area contributed by atoms with Crippen LogP contribution in [0.3, 0.4) is 0 Å². The monoisotopic (exact) mass is 399 g/mol. The molecule has 0 amide bonds. The summed E-state index contributed by atoms with van der Waals surface area (Å²) in [6.45, 7) is 14.6. The summed E-state index contributed by atoms with van der Waals surface area (Å²) in [6.07, 6.45) is 2.83. The van der Waals surface area contributed by atoms with Gasteiger partial charge in [0.2, 0.25) is 5.88 Å². The molecule has 0 aliphatic heterocycles. The zero-order valence-electron chi connectivity index (χ0n) is 15.7. The fourth-order valence-corrected chi connectivity index (χ4v) is 2.50. The predicted octanol–water partition coefficient (Wildman–Crippen LogP) is 4.74. The summed E-state index contributed by atoms with van der Waals surface area (Å²) >= 11 is 3.53. The number of pyridine rings is 1. The van der Waals surface area contributed by atoms with Gasteiger partial charge in [0.1, 0.15) is 6.10 Å². The maximum absolute atomic E-state index is 5.87. The zero-order valence-corrected chi connectivity index (χ0v) is 17.3. The van der Waals surface area contributed by atoms with E-state index in [9.17, 15) is 0 Å². The van der Waals surface area contributed by atoms with Gasteiger partial charge in [0, 0.05) is 19.2 Å². The molecule has 1 aromatic heterocycles. The van der Waals surface area contributed by atoms with E-state index in [1.165, 1.54) is 0 Å². The third kappa shape index (κ3) is 6.77. The fraction of sp³-hybridized carbons (Fsp3) is 0.667. The quantitative estimate of drug-likeness (QED) is 0.324. The van der Waals surface area contributed by atoms with Crippen molar-refractivity contribution in [1.29, 1.82) is 0 Å². The lowest BCUT2D eigenvalue weighted by molar-refractivity contribution is 0.0563. The minimum atomic E-state index is -0.0503. The molecular weight excluding hydrogens is 370 g/mol. The highest BCUT2D eigenvalue weighted by molar-refractivity contribution is 9.10. The fourth-order valence-electron chi connectivity index (χ4n) is 2.10. The van der Waals surface area contributed by atoms with Crippen molar-refractivity contribution in [1.82, 2.24) is 9.88 Å². The van der Waals surface area contributed by atoms with Gasteiger partial charge in [-0.25, -0.2) is 9.98 Å². The first-order valence-corrected chi connectivity index (χ1v) is 9.39. The van der Waals surface area contributed by atoms with E-state index in [1.54, 1.807) is 0 Å². The average Bonchev–Trinajstić information content (AvgIpc) is 2.52. The third-order valence-corrected chi connectivity index (χ3v) is 4.06. The predicted molar refractivity (Wildman–Crippen MR) is 104 cm³/mol. The van der Waals surface area contributed by atoms with Gasteiger partial charge in [-0.05, 0) is 63.0 Å². The number of ether oxygens (including phenoxy) is 2. The minimum Gasteiger partial charge on any atom is -0.471 e. The number of halogens is 1. The normalized spacial score (nSPS) is 12.8. The highest BCUT2D eigenvalue weighted by atomic mass is 79.9. The molecule has 0 fully saturated rings. The van der Waals surface area contributed by atoms with Crippen molar-refractivity contribution in [3.63, 3.8) is 0 Å². The van der Waals surface area contributed by atoms with Crippen LogP contribution in [0.1, 0.15) is 46.7 Å². The van der Waals surface area contributed by atoms with Crippen LogP contribution in [0.15, 0.2) is 15.5 Å². The van der Waals surface area contributed by atoms with Crippen molar-refractivity contribution in [2.45, 2.75) is 60.1 Å². The van der Waals surface area contributed by atoms with Gasteiger partial charge in [-0.1, -0.05) is 6.92 Å². The summed E-state index contributed by atoms with van der Waals surface area (Å²) in [6, 6.07) is 2.36. The van der Waals surface area contributed by atoms with Gasteiger partial charge < -0.3 is 14.4 Å². The topological polar surface area (TPSA) is 47.0 Å². The summed E-state index contributed by atoms with van der Waals surface area (Å²) in [5, 5.41) is 0. The molecular formula is C18H30BrN3O2. The molecule has 1 heterocycles. The summed E-state index contributed by atoms with van der Waals surface area (Å²) in [5.74, 6) is 0.579. The summed E-state index contributed by atoms with van der Waals surface area (Å²) in [5.41, 5.74) is 1.68. The Balaban J connectivity index is 2.80. The summed E-state index contributed by atoms with van der Waals surface area (Å²) in [4.78, 5) is 11.3. The van der Waals surface area contributed by atoms with E-state index in [0.29, 0.717) is 18.5 Å². The number of aliphatic imine (C=N–C) groups is 1. The van der Waals surface area contributed by atoms with E-state index in [0.717, 1.165) is 35.4 Å². The molecule has 0 saturated heterocycles. The van der Waals surface area contributed by atoms with Crippen LogP contribution in [0, 0.1) is 6.92 Å². The molecule has 0 aliphatic carbocycles. The van der Waals surface area contributed by atoms with Crippen molar-refractivity contribution >= 4 is 28.0 Å². The lowest BCUT2D eigenvalue weighted by atomic mass is 10.3. The van der Waals surface area contributed by atoms with E-state index in [4.69, 9.17) is 9.47 Å². The molecule has 0 aromatic carbocycles. The number of hydrogen-bond donors (Lipinski definition) is 0. The van der Waals surface area contributed by atoms with Crippen LogP contribution in [0.25, 0.3) is 0 Å². The second-order valence-corrected chi connectivity index (χ2v) is 6.91. The molecule has 1 atom stereocenters. The first kappa shape index (κ1) is 20.9.